The molecule has 12 nitrogen and oxygen atoms in total. The summed E-state index contributed by atoms with van der Waals surface area (Å²) in [4.78, 5) is 30.8. The average molecular weight is 875 g/mol. The second-order valence-corrected chi connectivity index (χ2v) is 22.2. The number of fused-ring (bicyclic) bond motifs is 2. The molecule has 1 aromatic heterocycles. The van der Waals surface area contributed by atoms with Crippen LogP contribution in [0, 0.1) is 5.92 Å². The molecule has 0 bridgehead atoms. The van der Waals surface area contributed by atoms with Gasteiger partial charge in [-0.05, 0) is 71.1 Å². The molecule has 64 heavy (non-hydrogen) atoms. The molecule has 1 unspecified atom stereocenters. The molecule has 0 radical (unpaired) electrons. The zero-order valence-electron chi connectivity index (χ0n) is 36.9. The van der Waals surface area contributed by atoms with E-state index in [4.69, 9.17) is 19.3 Å². The summed E-state index contributed by atoms with van der Waals surface area (Å²) in [6, 6.07) is 41.7. The Labute approximate surface area is 375 Å². The second-order valence-electron chi connectivity index (χ2n) is 17.6. The van der Waals surface area contributed by atoms with Gasteiger partial charge >= 0.3 is 0 Å². The Balaban J connectivity index is 1.06. The first kappa shape index (κ1) is 42.9. The molecule has 9 rings (SSSR count). The first-order chi connectivity index (χ1) is 31.0. The van der Waals surface area contributed by atoms with Gasteiger partial charge in [-0.3, -0.25) is 14.3 Å². The number of nitrogens with zero attached hydrogens (tertiary/aromatic N) is 6. The van der Waals surface area contributed by atoms with E-state index in [2.05, 4.69) is 42.5 Å². The molecular weight excluding hydrogens is 821 g/mol. The van der Waals surface area contributed by atoms with Crippen LogP contribution in [0.5, 0.6) is 11.5 Å². The topological polar surface area (TPSA) is 132 Å². The Morgan fingerprint density at radius 3 is 2.30 bits per heavy atom. The number of methoxy groups -OCH3 is 2. The summed E-state index contributed by atoms with van der Waals surface area (Å²) in [6.45, 7) is 7.57. The first-order valence-electron chi connectivity index (χ1n) is 22.0. The molecule has 5 aromatic carbocycles. The predicted octanol–water partition coefficient (Wildman–Crippen LogP) is 7.80. The van der Waals surface area contributed by atoms with Crippen molar-refractivity contribution in [1.82, 2.24) is 15.0 Å². The number of amides is 2. The summed E-state index contributed by atoms with van der Waals surface area (Å²) in [5, 5.41) is 26.9. The van der Waals surface area contributed by atoms with E-state index in [-0.39, 0.29) is 48.4 Å². The molecule has 13 heteroatoms. The van der Waals surface area contributed by atoms with Crippen LogP contribution in [0.15, 0.2) is 139 Å². The highest BCUT2D eigenvalue weighted by Gasteiger charge is 2.66. The fraction of sp³-hybridized carbons (Fsp3) is 0.314. The summed E-state index contributed by atoms with van der Waals surface area (Å²) in [5.41, 5.74) is 5.23. The van der Waals surface area contributed by atoms with Gasteiger partial charge in [-0.2, -0.15) is 5.10 Å². The van der Waals surface area contributed by atoms with Crippen LogP contribution in [0.1, 0.15) is 60.1 Å². The quantitative estimate of drug-likeness (QED) is 0.110. The largest absolute Gasteiger partial charge is 0.497 e. The van der Waals surface area contributed by atoms with Crippen molar-refractivity contribution in [3.8, 4) is 11.5 Å². The standard InChI is InChI=1S/C51H54N6O6Si/c1-34-49(64(4,5)41-22-19-39(61-2)20-23-41)47(27-28-55-32-45(52-54-55)42(33-58)36-14-8-6-9-15-36)63-51(34)43-30-40(62-3)21-25-46(43)56(50(51)60)31-35-13-12-18-38(29-35)57-48(59)26-24-44(53-57)37-16-10-7-11-17-37/h6-23,25,29-30,32,34,42,47,49,58H,24,26-28,31,33H2,1-5H3/t34-,42?,47+,49-,51+/m1/s1. The van der Waals surface area contributed by atoms with Crippen molar-refractivity contribution in [3.05, 3.63) is 162 Å². The lowest BCUT2D eigenvalue weighted by molar-refractivity contribution is -0.146. The van der Waals surface area contributed by atoms with Crippen molar-refractivity contribution in [2.75, 3.05) is 30.7 Å². The van der Waals surface area contributed by atoms with Gasteiger partial charge in [0.15, 0.2) is 5.60 Å². The Kier molecular flexibility index (Phi) is 11.8. The van der Waals surface area contributed by atoms with Gasteiger partial charge in [0.25, 0.3) is 5.91 Å². The van der Waals surface area contributed by atoms with Crippen molar-refractivity contribution < 1.29 is 28.9 Å². The van der Waals surface area contributed by atoms with Crippen LogP contribution < -0.4 is 24.6 Å². The fourth-order valence-corrected chi connectivity index (χ4v) is 14.4. The molecular formula is C51H54N6O6Si. The maximum atomic E-state index is 15.6. The summed E-state index contributed by atoms with van der Waals surface area (Å²) in [6.07, 6.45) is 3.07. The van der Waals surface area contributed by atoms with E-state index in [1.165, 1.54) is 10.2 Å². The summed E-state index contributed by atoms with van der Waals surface area (Å²) < 4.78 is 20.6. The van der Waals surface area contributed by atoms with Crippen LogP contribution in [-0.2, 0) is 33.0 Å². The van der Waals surface area contributed by atoms with Crippen LogP contribution in [0.4, 0.5) is 11.4 Å². The van der Waals surface area contributed by atoms with Crippen molar-refractivity contribution in [2.24, 2.45) is 11.0 Å². The number of hydrogen-bond acceptors (Lipinski definition) is 9. The number of anilines is 2. The highest BCUT2D eigenvalue weighted by Crippen LogP contribution is 2.60. The van der Waals surface area contributed by atoms with Gasteiger partial charge in [0, 0.05) is 37.1 Å². The second kappa shape index (κ2) is 17.6. The fourth-order valence-electron chi connectivity index (χ4n) is 10.3. The van der Waals surface area contributed by atoms with Gasteiger partial charge in [0.1, 0.15) is 11.5 Å². The summed E-state index contributed by atoms with van der Waals surface area (Å²) in [7, 11) is 0.862. The Hall–Kier alpha value is -6.41. The molecule has 0 aliphatic carbocycles. The Bertz CT molecular complexity index is 2670. The van der Waals surface area contributed by atoms with Crippen molar-refractivity contribution >= 4 is 42.2 Å². The van der Waals surface area contributed by atoms with E-state index in [0.717, 1.165) is 39.4 Å². The number of carbonyl (C=O) groups excluding carboxylic acids is 2. The SMILES string of the molecule is COc1ccc([Si](C)(C)[C@H]2[C@H](CCn3cc(C(CO)c4ccccc4)nn3)O[C@@]3(C(=O)N(Cc4cccc(N5N=C(c6ccccc6)CCC5=O)c4)c4ccc(OC)cc43)[C@@H]2C)cc1. The lowest BCUT2D eigenvalue weighted by atomic mass is 9.82. The third-order valence-electron chi connectivity index (χ3n) is 13.6. The van der Waals surface area contributed by atoms with Gasteiger partial charge < -0.3 is 24.2 Å². The number of benzene rings is 5. The molecule has 328 valence electrons. The minimum atomic E-state index is -2.45. The number of aryl methyl sites for hydroxylation is 1. The Morgan fingerprint density at radius 1 is 0.859 bits per heavy atom. The number of ether oxygens (including phenoxy) is 3. The highest BCUT2D eigenvalue weighted by atomic mass is 28.3. The van der Waals surface area contributed by atoms with Gasteiger partial charge in [0.2, 0.25) is 5.91 Å². The Morgan fingerprint density at radius 2 is 1.58 bits per heavy atom. The summed E-state index contributed by atoms with van der Waals surface area (Å²) in [5.74, 6) is 0.678. The maximum Gasteiger partial charge on any atom is 0.264 e. The molecule has 2 amide bonds. The van der Waals surface area contributed by atoms with Crippen LogP contribution in [-0.4, -0.2) is 72.6 Å². The number of aromatic nitrogens is 3. The van der Waals surface area contributed by atoms with E-state index in [0.29, 0.717) is 42.9 Å². The molecule has 1 spiro atoms. The maximum absolute atomic E-state index is 15.6. The van der Waals surface area contributed by atoms with Crippen molar-refractivity contribution in [3.63, 3.8) is 0 Å². The number of carbonyl (C=O) groups is 2. The van der Waals surface area contributed by atoms with Crippen molar-refractivity contribution in [2.45, 2.75) is 75.5 Å². The molecule has 3 aliphatic rings. The third kappa shape index (κ3) is 7.71. The van der Waals surface area contributed by atoms with Crippen LogP contribution in [0.3, 0.4) is 0 Å². The van der Waals surface area contributed by atoms with Crippen LogP contribution >= 0.6 is 0 Å². The van der Waals surface area contributed by atoms with E-state index in [1.807, 2.05) is 131 Å². The zero-order valence-corrected chi connectivity index (χ0v) is 37.9. The molecule has 3 aliphatic heterocycles. The molecule has 1 fully saturated rings. The number of aliphatic hydroxyl groups excluding tert-OH is 1. The zero-order chi connectivity index (χ0) is 44.6. The molecule has 4 heterocycles. The van der Waals surface area contributed by atoms with Gasteiger partial charge in [-0.25, -0.2) is 5.01 Å². The van der Waals surface area contributed by atoms with Crippen LogP contribution in [0.25, 0.3) is 0 Å². The molecule has 0 saturated carbocycles. The minimum Gasteiger partial charge on any atom is -0.497 e. The predicted molar refractivity (Wildman–Crippen MR) is 250 cm³/mol. The molecule has 6 aromatic rings. The normalized spacial score (nSPS) is 21.3. The highest BCUT2D eigenvalue weighted by molar-refractivity contribution is 6.91. The number of hydrazone groups is 1. The average Bonchev–Trinajstić information content (AvgIpc) is 3.99. The van der Waals surface area contributed by atoms with Gasteiger partial charge in [-0.15, -0.1) is 5.10 Å². The van der Waals surface area contributed by atoms with E-state index in [1.54, 1.807) is 14.2 Å². The molecule has 1 N–H and O–H groups in total. The first-order valence-corrected chi connectivity index (χ1v) is 25.1. The number of aliphatic hydroxyl groups is 1. The lowest BCUT2D eigenvalue weighted by Crippen LogP contribution is -2.51. The van der Waals surface area contributed by atoms with E-state index in [9.17, 15) is 9.90 Å². The number of rotatable bonds is 14. The van der Waals surface area contributed by atoms with Crippen LogP contribution in [0.2, 0.25) is 18.6 Å². The smallest absolute Gasteiger partial charge is 0.264 e. The van der Waals surface area contributed by atoms with Crippen molar-refractivity contribution in [1.29, 1.82) is 0 Å². The molecule has 5 atom stereocenters. The lowest BCUT2D eigenvalue weighted by Gasteiger charge is -2.37. The van der Waals surface area contributed by atoms with Gasteiger partial charge in [0.05, 0.1) is 70.2 Å². The minimum absolute atomic E-state index is 0.00791. The summed E-state index contributed by atoms with van der Waals surface area (Å²) >= 11 is 0. The van der Waals surface area contributed by atoms with E-state index >= 15 is 4.79 Å². The monoisotopic (exact) mass is 874 g/mol. The number of hydrogen-bond donors (Lipinski definition) is 1. The van der Waals surface area contributed by atoms with E-state index < -0.39 is 13.7 Å². The molecule has 1 saturated heterocycles. The third-order valence-corrected chi connectivity index (χ3v) is 18.0. The van der Waals surface area contributed by atoms with Gasteiger partial charge in [-0.1, -0.05) is 115 Å².